The SMILES string of the molecule is COc1ccc(N2C(=O)C(=O)/C(=C(\O)c3ccc(OC)cc3OC)C2c2cccc(C)c2)cc1. The fraction of sp³-hybridized carbons (Fsp3) is 0.185. The summed E-state index contributed by atoms with van der Waals surface area (Å²) in [5.41, 5.74) is 2.43. The van der Waals surface area contributed by atoms with Crippen LogP contribution in [0, 0.1) is 6.92 Å². The van der Waals surface area contributed by atoms with Crippen LogP contribution in [0.4, 0.5) is 5.69 Å². The van der Waals surface area contributed by atoms with Gasteiger partial charge < -0.3 is 19.3 Å². The molecule has 0 bridgehead atoms. The molecule has 0 radical (unpaired) electrons. The van der Waals surface area contributed by atoms with Gasteiger partial charge in [-0.3, -0.25) is 14.5 Å². The molecule has 7 nitrogen and oxygen atoms in total. The Morgan fingerprint density at radius 1 is 0.853 bits per heavy atom. The summed E-state index contributed by atoms with van der Waals surface area (Å²) >= 11 is 0. The Hall–Kier alpha value is -4.26. The Labute approximate surface area is 197 Å². The van der Waals surface area contributed by atoms with Gasteiger partial charge in [0.2, 0.25) is 0 Å². The first-order valence-corrected chi connectivity index (χ1v) is 10.6. The van der Waals surface area contributed by atoms with Crippen molar-refractivity contribution in [1.82, 2.24) is 0 Å². The van der Waals surface area contributed by atoms with E-state index in [0.717, 1.165) is 5.56 Å². The molecule has 4 rings (SSSR count). The first-order valence-electron chi connectivity index (χ1n) is 10.6. The van der Waals surface area contributed by atoms with Crippen LogP contribution < -0.4 is 19.1 Å². The van der Waals surface area contributed by atoms with Gasteiger partial charge in [0.15, 0.2) is 0 Å². The van der Waals surface area contributed by atoms with Crippen molar-refractivity contribution in [3.05, 3.63) is 89.0 Å². The molecule has 1 amide bonds. The average molecular weight is 459 g/mol. The van der Waals surface area contributed by atoms with E-state index in [1.165, 1.54) is 19.1 Å². The monoisotopic (exact) mass is 459 g/mol. The van der Waals surface area contributed by atoms with Gasteiger partial charge in [0.05, 0.1) is 38.5 Å². The Kier molecular flexibility index (Phi) is 6.27. The fourth-order valence-electron chi connectivity index (χ4n) is 4.14. The van der Waals surface area contributed by atoms with E-state index in [-0.39, 0.29) is 16.9 Å². The highest BCUT2D eigenvalue weighted by Crippen LogP contribution is 2.44. The zero-order chi connectivity index (χ0) is 24.4. The third kappa shape index (κ3) is 3.96. The Morgan fingerprint density at radius 3 is 2.15 bits per heavy atom. The summed E-state index contributed by atoms with van der Waals surface area (Å²) in [5.74, 6) is -0.364. The van der Waals surface area contributed by atoms with Crippen LogP contribution in [0.3, 0.4) is 0 Å². The van der Waals surface area contributed by atoms with Gasteiger partial charge >= 0.3 is 0 Å². The van der Waals surface area contributed by atoms with Gasteiger partial charge in [-0.1, -0.05) is 29.8 Å². The molecule has 174 valence electrons. The van der Waals surface area contributed by atoms with Crippen LogP contribution in [0.25, 0.3) is 5.76 Å². The number of rotatable bonds is 6. The summed E-state index contributed by atoms with van der Waals surface area (Å²) in [6, 6.07) is 18.4. The third-order valence-corrected chi connectivity index (χ3v) is 5.82. The lowest BCUT2D eigenvalue weighted by Gasteiger charge is -2.26. The molecular weight excluding hydrogens is 434 g/mol. The lowest BCUT2D eigenvalue weighted by Crippen LogP contribution is -2.29. The van der Waals surface area contributed by atoms with E-state index >= 15 is 0 Å². The smallest absolute Gasteiger partial charge is 0.300 e. The first kappa shape index (κ1) is 22.9. The zero-order valence-corrected chi connectivity index (χ0v) is 19.4. The van der Waals surface area contributed by atoms with Crippen molar-refractivity contribution < 1.29 is 28.9 Å². The van der Waals surface area contributed by atoms with Gasteiger partial charge in [0.1, 0.15) is 23.0 Å². The van der Waals surface area contributed by atoms with E-state index in [0.29, 0.717) is 28.5 Å². The zero-order valence-electron chi connectivity index (χ0n) is 19.4. The Morgan fingerprint density at radius 2 is 1.53 bits per heavy atom. The second-order valence-electron chi connectivity index (χ2n) is 7.85. The maximum absolute atomic E-state index is 13.3. The summed E-state index contributed by atoms with van der Waals surface area (Å²) in [7, 11) is 4.53. The molecule has 0 saturated carbocycles. The normalized spacial score (nSPS) is 17.1. The maximum atomic E-state index is 13.3. The molecule has 1 unspecified atom stereocenters. The number of aliphatic hydroxyl groups excluding tert-OH is 1. The summed E-state index contributed by atoms with van der Waals surface area (Å²) in [6.07, 6.45) is 0. The highest BCUT2D eigenvalue weighted by atomic mass is 16.5. The lowest BCUT2D eigenvalue weighted by atomic mass is 9.94. The quantitative estimate of drug-likeness (QED) is 0.328. The molecule has 1 fully saturated rings. The minimum atomic E-state index is -0.833. The molecule has 34 heavy (non-hydrogen) atoms. The van der Waals surface area contributed by atoms with Crippen LogP contribution in [0.5, 0.6) is 17.2 Å². The van der Waals surface area contributed by atoms with Gasteiger partial charge in [0.25, 0.3) is 11.7 Å². The predicted octanol–water partition coefficient (Wildman–Crippen LogP) is 4.65. The van der Waals surface area contributed by atoms with Crippen molar-refractivity contribution >= 4 is 23.1 Å². The number of aliphatic hydroxyl groups is 1. The number of methoxy groups -OCH3 is 3. The number of Topliss-reactive ketones (excluding diaryl/α,β-unsaturated/α-hetero) is 1. The van der Waals surface area contributed by atoms with Crippen molar-refractivity contribution in [3.63, 3.8) is 0 Å². The van der Waals surface area contributed by atoms with Gasteiger partial charge in [-0.25, -0.2) is 0 Å². The number of anilines is 1. The van der Waals surface area contributed by atoms with Gasteiger partial charge in [-0.05, 0) is 48.9 Å². The molecule has 0 aliphatic carbocycles. The fourth-order valence-corrected chi connectivity index (χ4v) is 4.14. The van der Waals surface area contributed by atoms with Crippen LogP contribution >= 0.6 is 0 Å². The topological polar surface area (TPSA) is 85.3 Å². The van der Waals surface area contributed by atoms with E-state index in [9.17, 15) is 14.7 Å². The largest absolute Gasteiger partial charge is 0.507 e. The number of hydrogen-bond acceptors (Lipinski definition) is 6. The van der Waals surface area contributed by atoms with E-state index in [2.05, 4.69) is 0 Å². The first-order chi connectivity index (χ1) is 16.4. The van der Waals surface area contributed by atoms with E-state index in [4.69, 9.17) is 14.2 Å². The Bertz CT molecular complexity index is 1280. The maximum Gasteiger partial charge on any atom is 0.300 e. The van der Waals surface area contributed by atoms with Crippen molar-refractivity contribution in [2.75, 3.05) is 26.2 Å². The summed E-state index contributed by atoms with van der Waals surface area (Å²) < 4.78 is 15.9. The van der Waals surface area contributed by atoms with Crippen LogP contribution in [0.1, 0.15) is 22.7 Å². The van der Waals surface area contributed by atoms with Crippen LogP contribution in [0.2, 0.25) is 0 Å². The van der Waals surface area contributed by atoms with Crippen molar-refractivity contribution in [2.45, 2.75) is 13.0 Å². The summed E-state index contributed by atoms with van der Waals surface area (Å²) in [5, 5.41) is 11.4. The van der Waals surface area contributed by atoms with Crippen molar-refractivity contribution in [1.29, 1.82) is 0 Å². The van der Waals surface area contributed by atoms with Gasteiger partial charge in [-0.15, -0.1) is 0 Å². The predicted molar refractivity (Wildman–Crippen MR) is 129 cm³/mol. The van der Waals surface area contributed by atoms with Crippen LogP contribution in [-0.2, 0) is 9.59 Å². The molecular formula is C27H25NO6. The van der Waals surface area contributed by atoms with E-state index in [1.54, 1.807) is 49.6 Å². The standard InChI is InChI=1S/C27H25NO6/c1-16-6-5-7-17(14-16)24-23(25(29)21-13-12-20(33-3)15-22(21)34-4)26(30)27(31)28(24)18-8-10-19(32-2)11-9-18/h5-15,24,29H,1-4H3/b25-23-. The number of amides is 1. The van der Waals surface area contributed by atoms with Crippen molar-refractivity contribution in [2.24, 2.45) is 0 Å². The number of aryl methyl sites for hydroxylation is 1. The number of benzene rings is 3. The molecule has 3 aromatic rings. The number of carbonyl (C=O) groups is 2. The molecule has 0 spiro atoms. The lowest BCUT2D eigenvalue weighted by molar-refractivity contribution is -0.132. The molecule has 1 saturated heterocycles. The van der Waals surface area contributed by atoms with Crippen LogP contribution in [-0.4, -0.2) is 38.1 Å². The number of hydrogen-bond donors (Lipinski definition) is 1. The molecule has 1 N–H and O–H groups in total. The average Bonchev–Trinajstić information content (AvgIpc) is 3.13. The van der Waals surface area contributed by atoms with Gasteiger partial charge in [-0.2, -0.15) is 0 Å². The molecule has 1 aliphatic rings. The molecule has 1 heterocycles. The molecule has 0 aromatic heterocycles. The second-order valence-corrected chi connectivity index (χ2v) is 7.85. The second kappa shape index (κ2) is 9.31. The van der Waals surface area contributed by atoms with Gasteiger partial charge in [0, 0.05) is 11.8 Å². The molecule has 1 aliphatic heterocycles. The van der Waals surface area contributed by atoms with Crippen molar-refractivity contribution in [3.8, 4) is 17.2 Å². The number of ketones is 1. The number of ether oxygens (including phenoxy) is 3. The van der Waals surface area contributed by atoms with E-state index < -0.39 is 17.7 Å². The highest BCUT2D eigenvalue weighted by Gasteiger charge is 2.47. The third-order valence-electron chi connectivity index (χ3n) is 5.82. The van der Waals surface area contributed by atoms with E-state index in [1.807, 2.05) is 31.2 Å². The molecule has 7 heteroatoms. The minimum absolute atomic E-state index is 0.0186. The molecule has 1 atom stereocenters. The minimum Gasteiger partial charge on any atom is -0.507 e. The Balaban J connectivity index is 1.95. The van der Waals surface area contributed by atoms with Crippen LogP contribution in [0.15, 0.2) is 72.3 Å². The molecule has 3 aromatic carbocycles. The number of carbonyl (C=O) groups excluding carboxylic acids is 2. The number of nitrogens with zero attached hydrogens (tertiary/aromatic N) is 1. The summed E-state index contributed by atoms with van der Waals surface area (Å²) in [4.78, 5) is 28.0. The summed E-state index contributed by atoms with van der Waals surface area (Å²) in [6.45, 7) is 1.93. The highest BCUT2D eigenvalue weighted by molar-refractivity contribution is 6.51.